The summed E-state index contributed by atoms with van der Waals surface area (Å²) >= 11 is 0. The Hall–Kier alpha value is -1.57. The fraction of sp³-hybridized carbons (Fsp3) is 0.533. The largest absolute Gasteiger partial charge is 0.465 e. The van der Waals surface area contributed by atoms with E-state index in [1.165, 1.54) is 19.2 Å². The van der Waals surface area contributed by atoms with E-state index in [-0.39, 0.29) is 5.56 Å². The molecular weight excluding hydrogens is 294 g/mol. The molecule has 2 N–H and O–H groups in total. The van der Waals surface area contributed by atoms with Crippen LogP contribution in [0, 0.1) is 0 Å². The number of rotatable bonds is 5. The fourth-order valence-corrected chi connectivity index (χ4v) is 2.70. The minimum atomic E-state index is -3.30. The van der Waals surface area contributed by atoms with Crippen LogP contribution in [0.4, 0.5) is 8.78 Å². The number of methoxy groups -OCH3 is 1. The molecule has 0 saturated carbocycles. The summed E-state index contributed by atoms with van der Waals surface area (Å²) in [5.41, 5.74) is 0.512. The van der Waals surface area contributed by atoms with Crippen LogP contribution in [-0.2, 0) is 4.74 Å². The van der Waals surface area contributed by atoms with Crippen molar-refractivity contribution in [2.75, 3.05) is 39.9 Å². The second-order valence-corrected chi connectivity index (χ2v) is 5.22. The first kappa shape index (κ1) is 16.8. The lowest BCUT2D eigenvalue weighted by atomic mass is 9.96. The monoisotopic (exact) mass is 314 g/mol. The number of carbonyl (C=O) groups excluding carboxylic acids is 1. The summed E-state index contributed by atoms with van der Waals surface area (Å²) in [6.07, 6.45) is 0. The third-order valence-corrected chi connectivity index (χ3v) is 3.75. The van der Waals surface area contributed by atoms with Crippen LogP contribution in [0.15, 0.2) is 24.3 Å². The molecule has 22 heavy (non-hydrogen) atoms. The van der Waals surface area contributed by atoms with Crippen LogP contribution in [0.5, 0.6) is 0 Å². The van der Waals surface area contributed by atoms with Gasteiger partial charge in [-0.2, -0.15) is 0 Å². The van der Waals surface area contributed by atoms with Gasteiger partial charge in [-0.3, -0.25) is 4.90 Å². The van der Waals surface area contributed by atoms with Gasteiger partial charge >= 0.3 is 5.97 Å². The van der Waals surface area contributed by atoms with Gasteiger partial charge in [-0.15, -0.1) is 0 Å². The second kappa shape index (κ2) is 7.13. The Balaban J connectivity index is 2.38. The Bertz CT molecular complexity index is 519. The highest BCUT2D eigenvalue weighted by Crippen LogP contribution is 2.36. The first-order valence-corrected chi connectivity index (χ1v) is 7.11. The highest BCUT2D eigenvalue weighted by molar-refractivity contribution is 5.89. The average molecular weight is 314 g/mol. The van der Waals surface area contributed by atoms with Gasteiger partial charge in [0.25, 0.3) is 5.92 Å². The number of hydrogen-bond acceptors (Lipinski definition) is 5. The van der Waals surface area contributed by atoms with Crippen LogP contribution in [0.3, 0.4) is 0 Å². The van der Waals surface area contributed by atoms with Crippen molar-refractivity contribution in [1.29, 1.82) is 0 Å². The number of benzene rings is 1. The molecule has 0 aromatic heterocycles. The molecule has 122 valence electrons. The predicted molar refractivity (Wildman–Crippen MR) is 77.0 cm³/mol. The van der Waals surface area contributed by atoms with E-state index in [2.05, 4.69) is 10.1 Å². The predicted octanol–water partition coefficient (Wildman–Crippen LogP) is 1.05. The Morgan fingerprint density at radius 1 is 1.45 bits per heavy atom. The van der Waals surface area contributed by atoms with Gasteiger partial charge in [0.05, 0.1) is 12.7 Å². The van der Waals surface area contributed by atoms with Gasteiger partial charge in [0.2, 0.25) is 0 Å². The SMILES string of the molecule is COC(=O)c1cccc([C@@H](N2CCNCC2)C(F)(F)CO)c1. The molecule has 0 radical (unpaired) electrons. The van der Waals surface area contributed by atoms with Crippen LogP contribution < -0.4 is 5.32 Å². The number of aliphatic hydroxyl groups is 1. The molecular formula is C15H20F2N2O3. The molecule has 0 amide bonds. The van der Waals surface area contributed by atoms with E-state index in [0.717, 1.165) is 0 Å². The van der Waals surface area contributed by atoms with E-state index >= 15 is 0 Å². The Labute approximate surface area is 127 Å². The van der Waals surface area contributed by atoms with Gasteiger partial charge in [-0.1, -0.05) is 12.1 Å². The number of nitrogens with zero attached hydrogens (tertiary/aromatic N) is 1. The van der Waals surface area contributed by atoms with Crippen molar-refractivity contribution >= 4 is 5.97 Å². The molecule has 0 aliphatic carbocycles. The maximum Gasteiger partial charge on any atom is 0.337 e. The van der Waals surface area contributed by atoms with E-state index in [1.54, 1.807) is 17.0 Å². The molecule has 1 saturated heterocycles. The highest BCUT2D eigenvalue weighted by Gasteiger charge is 2.44. The Morgan fingerprint density at radius 3 is 2.73 bits per heavy atom. The van der Waals surface area contributed by atoms with Gasteiger partial charge in [-0.05, 0) is 17.7 Å². The maximum atomic E-state index is 14.3. The van der Waals surface area contributed by atoms with Crippen LogP contribution in [0.25, 0.3) is 0 Å². The zero-order chi connectivity index (χ0) is 16.2. The number of aliphatic hydroxyl groups excluding tert-OH is 1. The van der Waals surface area contributed by atoms with E-state index < -0.39 is 24.5 Å². The van der Waals surface area contributed by atoms with Crippen molar-refractivity contribution in [1.82, 2.24) is 10.2 Å². The summed E-state index contributed by atoms with van der Waals surface area (Å²) in [5, 5.41) is 12.2. The summed E-state index contributed by atoms with van der Waals surface area (Å²) in [7, 11) is 1.24. The molecule has 0 spiro atoms. The molecule has 5 nitrogen and oxygen atoms in total. The normalized spacial score (nSPS) is 18.0. The molecule has 2 rings (SSSR count). The van der Waals surface area contributed by atoms with Crippen molar-refractivity contribution in [3.8, 4) is 0 Å². The average Bonchev–Trinajstić information content (AvgIpc) is 2.55. The quantitative estimate of drug-likeness (QED) is 0.796. The lowest BCUT2D eigenvalue weighted by Crippen LogP contribution is -2.51. The first-order valence-electron chi connectivity index (χ1n) is 7.11. The molecule has 0 unspecified atom stereocenters. The number of esters is 1. The summed E-state index contributed by atoms with van der Waals surface area (Å²) in [5.74, 6) is -3.88. The summed E-state index contributed by atoms with van der Waals surface area (Å²) in [6, 6.07) is 4.74. The van der Waals surface area contributed by atoms with E-state index in [4.69, 9.17) is 5.11 Å². The minimum absolute atomic E-state index is 0.217. The Morgan fingerprint density at radius 2 is 2.14 bits per heavy atom. The van der Waals surface area contributed by atoms with E-state index in [1.807, 2.05) is 0 Å². The molecule has 1 aliphatic rings. The number of halogens is 2. The standard InChI is InChI=1S/C15H20F2N2O3/c1-22-14(21)12-4-2-3-11(9-12)13(15(16,17)10-20)19-7-5-18-6-8-19/h2-4,9,13,18,20H,5-8,10H2,1H3/t13-/m1/s1. The lowest BCUT2D eigenvalue weighted by molar-refractivity contribution is -0.118. The second-order valence-electron chi connectivity index (χ2n) is 5.22. The number of carbonyl (C=O) groups is 1. The summed E-state index contributed by atoms with van der Waals surface area (Å²) in [4.78, 5) is 13.2. The molecule has 0 bridgehead atoms. The van der Waals surface area contributed by atoms with Crippen molar-refractivity contribution in [2.45, 2.75) is 12.0 Å². The number of alkyl halides is 2. The van der Waals surface area contributed by atoms with Gasteiger partial charge in [-0.25, -0.2) is 13.6 Å². The van der Waals surface area contributed by atoms with Gasteiger partial charge in [0.15, 0.2) is 0 Å². The van der Waals surface area contributed by atoms with Gasteiger partial charge in [0.1, 0.15) is 12.6 Å². The van der Waals surface area contributed by atoms with Crippen molar-refractivity contribution in [3.63, 3.8) is 0 Å². The van der Waals surface area contributed by atoms with Crippen molar-refractivity contribution < 1.29 is 23.4 Å². The Kier molecular flexibility index (Phi) is 5.44. The molecule has 1 aromatic rings. The van der Waals surface area contributed by atoms with Crippen molar-refractivity contribution in [2.24, 2.45) is 0 Å². The lowest BCUT2D eigenvalue weighted by Gasteiger charge is -2.38. The smallest absolute Gasteiger partial charge is 0.337 e. The fourth-order valence-electron chi connectivity index (χ4n) is 2.70. The van der Waals surface area contributed by atoms with Gasteiger partial charge in [0, 0.05) is 26.2 Å². The summed E-state index contributed by atoms with van der Waals surface area (Å²) in [6.45, 7) is 0.860. The van der Waals surface area contributed by atoms with Crippen LogP contribution in [0.1, 0.15) is 22.0 Å². The van der Waals surface area contributed by atoms with Crippen LogP contribution in [0.2, 0.25) is 0 Å². The number of nitrogens with one attached hydrogen (secondary N) is 1. The molecule has 1 aliphatic heterocycles. The van der Waals surface area contributed by atoms with E-state index in [0.29, 0.717) is 31.7 Å². The molecule has 1 fully saturated rings. The minimum Gasteiger partial charge on any atom is -0.465 e. The van der Waals surface area contributed by atoms with Crippen LogP contribution >= 0.6 is 0 Å². The van der Waals surface area contributed by atoms with Gasteiger partial charge < -0.3 is 15.2 Å². The number of hydrogen-bond donors (Lipinski definition) is 2. The molecule has 1 aromatic carbocycles. The molecule has 1 heterocycles. The number of ether oxygens (including phenoxy) is 1. The highest BCUT2D eigenvalue weighted by atomic mass is 19.3. The zero-order valence-corrected chi connectivity index (χ0v) is 12.4. The summed E-state index contributed by atoms with van der Waals surface area (Å²) < 4.78 is 33.2. The van der Waals surface area contributed by atoms with Crippen LogP contribution in [-0.4, -0.2) is 61.8 Å². The third-order valence-electron chi connectivity index (χ3n) is 3.75. The molecule has 1 atom stereocenters. The molecule has 7 heteroatoms. The first-order chi connectivity index (χ1) is 10.5. The topological polar surface area (TPSA) is 61.8 Å². The van der Waals surface area contributed by atoms with Crippen molar-refractivity contribution in [3.05, 3.63) is 35.4 Å². The zero-order valence-electron chi connectivity index (χ0n) is 12.4. The third kappa shape index (κ3) is 3.60. The maximum absolute atomic E-state index is 14.3. The number of piperazine rings is 1. The van der Waals surface area contributed by atoms with E-state index in [9.17, 15) is 13.6 Å².